The van der Waals surface area contributed by atoms with Crippen molar-refractivity contribution in [2.24, 2.45) is 5.92 Å². The van der Waals surface area contributed by atoms with Gasteiger partial charge in [-0.1, -0.05) is 37.2 Å². The molecule has 1 N–H and O–H groups in total. The summed E-state index contributed by atoms with van der Waals surface area (Å²) in [6.45, 7) is 6.79. The lowest BCUT2D eigenvalue weighted by molar-refractivity contribution is -0.121. The van der Waals surface area contributed by atoms with Gasteiger partial charge in [0.1, 0.15) is 0 Å². The first-order chi connectivity index (χ1) is 12.1. The molecule has 1 aromatic heterocycles. The number of anilines is 1. The largest absolute Gasteiger partial charge is 0.371 e. The molecule has 1 aliphatic rings. The molecule has 0 aliphatic carbocycles. The number of rotatable bonds is 7. The molecule has 0 radical (unpaired) electrons. The van der Waals surface area contributed by atoms with Gasteiger partial charge >= 0.3 is 0 Å². The van der Waals surface area contributed by atoms with Crippen LogP contribution in [0.2, 0.25) is 0 Å². The molecule has 134 valence electrons. The van der Waals surface area contributed by atoms with Crippen molar-refractivity contribution >= 4 is 11.6 Å². The van der Waals surface area contributed by atoms with Crippen LogP contribution >= 0.6 is 0 Å². The second kappa shape index (κ2) is 8.14. The van der Waals surface area contributed by atoms with Crippen molar-refractivity contribution in [3.8, 4) is 0 Å². The Labute approximate surface area is 148 Å². The van der Waals surface area contributed by atoms with Gasteiger partial charge in [0.25, 0.3) is 0 Å². The summed E-state index contributed by atoms with van der Waals surface area (Å²) >= 11 is 0. The van der Waals surface area contributed by atoms with Crippen LogP contribution in [0.3, 0.4) is 0 Å². The standard InChI is InChI=1S/C19H26N4O2/c1-14(2)19-21-18(25-22-19)9-8-17(24)20-12-15-10-11-23(13-15)16-6-4-3-5-7-16/h3-7,14-15H,8-13H2,1-2H3,(H,20,24)/t15-/m0/s1. The van der Waals surface area contributed by atoms with E-state index < -0.39 is 0 Å². The fourth-order valence-corrected chi connectivity index (χ4v) is 3.04. The Bertz CT molecular complexity index is 684. The molecule has 0 saturated carbocycles. The van der Waals surface area contributed by atoms with Gasteiger partial charge in [0.2, 0.25) is 11.8 Å². The van der Waals surface area contributed by atoms with Crippen LogP contribution in [0.4, 0.5) is 5.69 Å². The predicted molar refractivity (Wildman–Crippen MR) is 96.5 cm³/mol. The minimum absolute atomic E-state index is 0.0439. The maximum absolute atomic E-state index is 12.1. The number of aryl methyl sites for hydroxylation is 1. The van der Waals surface area contributed by atoms with Gasteiger partial charge in [-0.2, -0.15) is 4.98 Å². The molecule has 6 heteroatoms. The molecule has 25 heavy (non-hydrogen) atoms. The molecular weight excluding hydrogens is 316 g/mol. The third-order valence-corrected chi connectivity index (χ3v) is 4.56. The van der Waals surface area contributed by atoms with E-state index in [0.717, 1.165) is 26.1 Å². The third kappa shape index (κ3) is 4.81. The Kier molecular flexibility index (Phi) is 5.68. The van der Waals surface area contributed by atoms with Crippen LogP contribution in [0.15, 0.2) is 34.9 Å². The van der Waals surface area contributed by atoms with E-state index in [0.29, 0.717) is 30.5 Å². The lowest BCUT2D eigenvalue weighted by Crippen LogP contribution is -2.31. The van der Waals surface area contributed by atoms with E-state index in [1.807, 2.05) is 19.9 Å². The Morgan fingerprint density at radius 1 is 1.36 bits per heavy atom. The minimum Gasteiger partial charge on any atom is -0.371 e. The quantitative estimate of drug-likeness (QED) is 0.838. The van der Waals surface area contributed by atoms with Gasteiger partial charge in [0, 0.05) is 44.1 Å². The number of aromatic nitrogens is 2. The summed E-state index contributed by atoms with van der Waals surface area (Å²) in [5.41, 5.74) is 1.26. The topological polar surface area (TPSA) is 71.3 Å². The van der Waals surface area contributed by atoms with Gasteiger partial charge < -0.3 is 14.7 Å². The van der Waals surface area contributed by atoms with E-state index >= 15 is 0 Å². The van der Waals surface area contributed by atoms with Gasteiger partial charge in [-0.05, 0) is 24.5 Å². The van der Waals surface area contributed by atoms with Crippen LogP contribution in [0.25, 0.3) is 0 Å². The fourth-order valence-electron chi connectivity index (χ4n) is 3.04. The molecule has 1 atom stereocenters. The van der Waals surface area contributed by atoms with Crippen LogP contribution in [0, 0.1) is 5.92 Å². The van der Waals surface area contributed by atoms with Crippen LogP contribution in [0.1, 0.15) is 44.3 Å². The third-order valence-electron chi connectivity index (χ3n) is 4.56. The molecule has 6 nitrogen and oxygen atoms in total. The molecule has 0 spiro atoms. The summed E-state index contributed by atoms with van der Waals surface area (Å²) in [6.07, 6.45) is 1.98. The highest BCUT2D eigenvalue weighted by Gasteiger charge is 2.23. The summed E-state index contributed by atoms with van der Waals surface area (Å²) in [5.74, 6) is 2.01. The van der Waals surface area contributed by atoms with Crippen molar-refractivity contribution in [2.45, 2.75) is 39.0 Å². The molecule has 2 heterocycles. The van der Waals surface area contributed by atoms with E-state index in [-0.39, 0.29) is 11.8 Å². The monoisotopic (exact) mass is 342 g/mol. The van der Waals surface area contributed by atoms with Gasteiger partial charge in [-0.3, -0.25) is 4.79 Å². The van der Waals surface area contributed by atoms with Gasteiger partial charge in [-0.25, -0.2) is 0 Å². The summed E-state index contributed by atoms with van der Waals surface area (Å²) in [6, 6.07) is 10.4. The van der Waals surface area contributed by atoms with Crippen LogP contribution in [-0.2, 0) is 11.2 Å². The van der Waals surface area contributed by atoms with Crippen molar-refractivity contribution in [2.75, 3.05) is 24.5 Å². The van der Waals surface area contributed by atoms with Crippen molar-refractivity contribution in [1.29, 1.82) is 0 Å². The maximum atomic E-state index is 12.1. The summed E-state index contributed by atoms with van der Waals surface area (Å²) in [5, 5.41) is 6.96. The number of benzene rings is 1. The molecule has 1 saturated heterocycles. The number of carbonyl (C=O) groups is 1. The molecule has 2 aromatic rings. The predicted octanol–water partition coefficient (Wildman–Crippen LogP) is 2.77. The van der Waals surface area contributed by atoms with Crippen molar-refractivity contribution in [1.82, 2.24) is 15.5 Å². The highest BCUT2D eigenvalue weighted by atomic mass is 16.5. The first-order valence-corrected chi connectivity index (χ1v) is 9.01. The second-order valence-corrected chi connectivity index (χ2v) is 6.94. The van der Waals surface area contributed by atoms with E-state index in [9.17, 15) is 4.79 Å². The highest BCUT2D eigenvalue weighted by molar-refractivity contribution is 5.76. The molecule has 3 rings (SSSR count). The Morgan fingerprint density at radius 2 is 2.16 bits per heavy atom. The first-order valence-electron chi connectivity index (χ1n) is 9.01. The normalized spacial score (nSPS) is 17.2. The Morgan fingerprint density at radius 3 is 2.88 bits per heavy atom. The van der Waals surface area contributed by atoms with Gasteiger partial charge in [-0.15, -0.1) is 0 Å². The molecular formula is C19H26N4O2. The van der Waals surface area contributed by atoms with Crippen LogP contribution in [-0.4, -0.2) is 35.7 Å². The number of carbonyl (C=O) groups excluding carboxylic acids is 1. The number of amides is 1. The number of nitrogens with zero attached hydrogens (tertiary/aromatic N) is 3. The van der Waals surface area contributed by atoms with Crippen molar-refractivity contribution in [3.05, 3.63) is 42.0 Å². The smallest absolute Gasteiger partial charge is 0.227 e. The Balaban J connectivity index is 1.38. The summed E-state index contributed by atoms with van der Waals surface area (Å²) in [4.78, 5) is 18.7. The zero-order valence-electron chi connectivity index (χ0n) is 14.9. The zero-order valence-corrected chi connectivity index (χ0v) is 14.9. The summed E-state index contributed by atoms with van der Waals surface area (Å²) < 4.78 is 5.17. The number of hydrogen-bond acceptors (Lipinski definition) is 5. The first kappa shape index (κ1) is 17.5. The van der Waals surface area contributed by atoms with Gasteiger partial charge in [0.05, 0.1) is 0 Å². The SMILES string of the molecule is CC(C)c1noc(CCC(=O)NC[C@@H]2CCN(c3ccccc3)C2)n1. The number of hydrogen-bond donors (Lipinski definition) is 1. The Hall–Kier alpha value is -2.37. The second-order valence-electron chi connectivity index (χ2n) is 6.94. The zero-order chi connectivity index (χ0) is 17.6. The maximum Gasteiger partial charge on any atom is 0.227 e. The molecule has 1 amide bonds. The number of nitrogens with one attached hydrogen (secondary N) is 1. The summed E-state index contributed by atoms with van der Waals surface area (Å²) in [7, 11) is 0. The van der Waals surface area contributed by atoms with E-state index in [2.05, 4.69) is 44.6 Å². The van der Waals surface area contributed by atoms with Crippen LogP contribution in [0.5, 0.6) is 0 Å². The lowest BCUT2D eigenvalue weighted by atomic mass is 10.1. The lowest BCUT2D eigenvalue weighted by Gasteiger charge is -2.18. The average Bonchev–Trinajstić information content (AvgIpc) is 3.28. The van der Waals surface area contributed by atoms with E-state index in [1.165, 1.54) is 5.69 Å². The van der Waals surface area contributed by atoms with Crippen molar-refractivity contribution < 1.29 is 9.32 Å². The number of para-hydroxylation sites is 1. The highest BCUT2D eigenvalue weighted by Crippen LogP contribution is 2.22. The van der Waals surface area contributed by atoms with Crippen molar-refractivity contribution in [3.63, 3.8) is 0 Å². The van der Waals surface area contributed by atoms with E-state index in [1.54, 1.807) is 0 Å². The fraction of sp³-hybridized carbons (Fsp3) is 0.526. The molecule has 0 unspecified atom stereocenters. The van der Waals surface area contributed by atoms with Gasteiger partial charge in [0.15, 0.2) is 5.82 Å². The van der Waals surface area contributed by atoms with E-state index in [4.69, 9.17) is 4.52 Å². The molecule has 1 aliphatic heterocycles. The molecule has 1 aromatic carbocycles. The molecule has 0 bridgehead atoms. The van der Waals surface area contributed by atoms with Crippen LogP contribution < -0.4 is 10.2 Å². The molecule has 1 fully saturated rings. The average molecular weight is 342 g/mol. The minimum atomic E-state index is 0.0439.